The summed E-state index contributed by atoms with van der Waals surface area (Å²) in [5.41, 5.74) is 0.790. The Bertz CT molecular complexity index is 540. The summed E-state index contributed by atoms with van der Waals surface area (Å²) in [6.07, 6.45) is 3.08. The minimum absolute atomic E-state index is 0.0423. The zero-order valence-corrected chi connectivity index (χ0v) is 11.8. The second-order valence-corrected chi connectivity index (χ2v) is 5.91. The predicted molar refractivity (Wildman–Crippen MR) is 76.0 cm³/mol. The molecule has 0 aromatic heterocycles. The molecule has 1 unspecified atom stereocenters. The highest BCUT2D eigenvalue weighted by Crippen LogP contribution is 2.32. The Morgan fingerprint density at radius 1 is 1.19 bits per heavy atom. The van der Waals surface area contributed by atoms with Crippen LogP contribution in [0.3, 0.4) is 0 Å². The molecule has 1 aromatic rings. The molecule has 2 fully saturated rings. The molecule has 0 bridgehead atoms. The van der Waals surface area contributed by atoms with E-state index in [0.717, 1.165) is 31.4 Å². The molecule has 1 saturated carbocycles. The van der Waals surface area contributed by atoms with Crippen molar-refractivity contribution in [1.29, 1.82) is 0 Å². The van der Waals surface area contributed by atoms with E-state index >= 15 is 0 Å². The van der Waals surface area contributed by atoms with E-state index in [-0.39, 0.29) is 36.0 Å². The second kappa shape index (κ2) is 5.84. The van der Waals surface area contributed by atoms with Gasteiger partial charge in [-0.1, -0.05) is 12.1 Å². The molecule has 4 nitrogen and oxygen atoms in total. The highest BCUT2D eigenvalue weighted by atomic mass is 19.1. The molecule has 5 heteroatoms. The van der Waals surface area contributed by atoms with Crippen molar-refractivity contribution in [2.45, 2.75) is 31.7 Å². The molecule has 1 aliphatic carbocycles. The van der Waals surface area contributed by atoms with Crippen LogP contribution < -0.4 is 5.32 Å². The van der Waals surface area contributed by atoms with Gasteiger partial charge in [-0.05, 0) is 37.0 Å². The molecule has 1 aliphatic heterocycles. The fourth-order valence-electron chi connectivity index (χ4n) is 2.73. The summed E-state index contributed by atoms with van der Waals surface area (Å²) in [6, 6.07) is 5.99. The monoisotopic (exact) mass is 290 g/mol. The Kier molecular flexibility index (Phi) is 3.90. The van der Waals surface area contributed by atoms with Gasteiger partial charge in [0.1, 0.15) is 5.82 Å². The molecular weight excluding hydrogens is 271 g/mol. The van der Waals surface area contributed by atoms with Gasteiger partial charge in [0.2, 0.25) is 11.8 Å². The number of nitrogens with zero attached hydrogens (tertiary/aromatic N) is 1. The van der Waals surface area contributed by atoms with Gasteiger partial charge in [0.15, 0.2) is 0 Å². The van der Waals surface area contributed by atoms with Gasteiger partial charge >= 0.3 is 0 Å². The average Bonchev–Trinajstić information content (AvgIpc) is 3.21. The van der Waals surface area contributed by atoms with E-state index in [1.165, 1.54) is 12.1 Å². The number of hydrogen-bond acceptors (Lipinski definition) is 2. The molecule has 2 amide bonds. The SMILES string of the molecule is O=C(Cc1ccc(F)cc1)NC1CCN(C(=O)C2CC2)C1. The molecule has 1 saturated heterocycles. The van der Waals surface area contributed by atoms with Crippen molar-refractivity contribution in [3.8, 4) is 0 Å². The lowest BCUT2D eigenvalue weighted by Crippen LogP contribution is -2.39. The largest absolute Gasteiger partial charge is 0.351 e. The normalized spacial score (nSPS) is 21.4. The molecule has 1 heterocycles. The third-order valence-corrected chi connectivity index (χ3v) is 4.07. The Balaban J connectivity index is 1.47. The van der Waals surface area contributed by atoms with Crippen LogP contribution in [0.5, 0.6) is 0 Å². The third-order valence-electron chi connectivity index (χ3n) is 4.07. The Morgan fingerprint density at radius 3 is 2.57 bits per heavy atom. The van der Waals surface area contributed by atoms with E-state index in [1.54, 1.807) is 12.1 Å². The summed E-state index contributed by atoms with van der Waals surface area (Å²) < 4.78 is 12.8. The van der Waals surface area contributed by atoms with Gasteiger partial charge in [-0.15, -0.1) is 0 Å². The van der Waals surface area contributed by atoms with Crippen LogP contribution in [0.1, 0.15) is 24.8 Å². The van der Waals surface area contributed by atoms with Gasteiger partial charge in [0.25, 0.3) is 0 Å². The van der Waals surface area contributed by atoms with Crippen LogP contribution in [-0.4, -0.2) is 35.8 Å². The Hall–Kier alpha value is -1.91. The van der Waals surface area contributed by atoms with Crippen molar-refractivity contribution in [3.63, 3.8) is 0 Å². The summed E-state index contributed by atoms with van der Waals surface area (Å²) in [7, 11) is 0. The molecule has 1 atom stereocenters. The third kappa shape index (κ3) is 3.60. The zero-order valence-electron chi connectivity index (χ0n) is 11.8. The number of amides is 2. The maximum Gasteiger partial charge on any atom is 0.225 e. The number of likely N-dealkylation sites (tertiary alicyclic amines) is 1. The molecular formula is C16H19FN2O2. The first-order valence-electron chi connectivity index (χ1n) is 7.44. The quantitative estimate of drug-likeness (QED) is 0.913. The highest BCUT2D eigenvalue weighted by molar-refractivity contribution is 5.82. The summed E-state index contributed by atoms with van der Waals surface area (Å²) in [5.74, 6) is 0.0976. The first-order valence-corrected chi connectivity index (χ1v) is 7.44. The lowest BCUT2D eigenvalue weighted by molar-refractivity contribution is -0.131. The highest BCUT2D eigenvalue weighted by Gasteiger charge is 2.36. The first-order chi connectivity index (χ1) is 10.1. The number of halogens is 1. The van der Waals surface area contributed by atoms with Gasteiger partial charge in [-0.2, -0.15) is 0 Å². The Labute approximate surface area is 123 Å². The second-order valence-electron chi connectivity index (χ2n) is 5.91. The fourth-order valence-corrected chi connectivity index (χ4v) is 2.73. The lowest BCUT2D eigenvalue weighted by Gasteiger charge is -2.17. The summed E-state index contributed by atoms with van der Waals surface area (Å²) in [6.45, 7) is 1.35. The van der Waals surface area contributed by atoms with E-state index in [1.807, 2.05) is 4.90 Å². The molecule has 1 aromatic carbocycles. The average molecular weight is 290 g/mol. The molecule has 3 rings (SSSR count). The summed E-state index contributed by atoms with van der Waals surface area (Å²) in [4.78, 5) is 25.8. The van der Waals surface area contributed by atoms with Crippen LogP contribution in [0.25, 0.3) is 0 Å². The van der Waals surface area contributed by atoms with Crippen LogP contribution in [0, 0.1) is 11.7 Å². The van der Waals surface area contributed by atoms with Gasteiger partial charge in [0.05, 0.1) is 6.42 Å². The smallest absolute Gasteiger partial charge is 0.225 e. The minimum atomic E-state index is -0.302. The van der Waals surface area contributed by atoms with Gasteiger partial charge < -0.3 is 10.2 Å². The van der Waals surface area contributed by atoms with Gasteiger partial charge in [-0.3, -0.25) is 9.59 Å². The van der Waals surface area contributed by atoms with Crippen LogP contribution in [-0.2, 0) is 16.0 Å². The van der Waals surface area contributed by atoms with Gasteiger partial charge in [0, 0.05) is 25.0 Å². The maximum atomic E-state index is 12.8. The van der Waals surface area contributed by atoms with Crippen LogP contribution in [0.2, 0.25) is 0 Å². The molecule has 21 heavy (non-hydrogen) atoms. The van der Waals surface area contributed by atoms with Crippen molar-refractivity contribution in [3.05, 3.63) is 35.6 Å². The standard InChI is InChI=1S/C16H19FN2O2/c17-13-5-1-11(2-6-13)9-15(20)18-14-7-8-19(10-14)16(21)12-3-4-12/h1-2,5-6,12,14H,3-4,7-10H2,(H,18,20). The number of carbonyl (C=O) groups is 2. The van der Waals surface area contributed by atoms with Crippen molar-refractivity contribution >= 4 is 11.8 Å². The van der Waals surface area contributed by atoms with E-state index in [2.05, 4.69) is 5.32 Å². The van der Waals surface area contributed by atoms with E-state index in [4.69, 9.17) is 0 Å². The Morgan fingerprint density at radius 2 is 1.90 bits per heavy atom. The molecule has 0 spiro atoms. The summed E-state index contributed by atoms with van der Waals surface area (Å²) in [5, 5.41) is 2.96. The molecule has 112 valence electrons. The first kappa shape index (κ1) is 14.0. The topological polar surface area (TPSA) is 49.4 Å². The van der Waals surface area contributed by atoms with Crippen LogP contribution in [0.4, 0.5) is 4.39 Å². The lowest BCUT2D eigenvalue weighted by atomic mass is 10.1. The number of hydrogen-bond donors (Lipinski definition) is 1. The number of carbonyl (C=O) groups excluding carboxylic acids is 2. The number of nitrogens with one attached hydrogen (secondary N) is 1. The number of rotatable bonds is 4. The van der Waals surface area contributed by atoms with Crippen molar-refractivity contribution < 1.29 is 14.0 Å². The molecule has 2 aliphatic rings. The molecule has 0 radical (unpaired) electrons. The predicted octanol–water partition coefficient (Wildman–Crippen LogP) is 1.50. The summed E-state index contributed by atoms with van der Waals surface area (Å²) >= 11 is 0. The van der Waals surface area contributed by atoms with Crippen molar-refractivity contribution in [2.75, 3.05) is 13.1 Å². The van der Waals surface area contributed by atoms with E-state index < -0.39 is 0 Å². The van der Waals surface area contributed by atoms with Crippen molar-refractivity contribution in [1.82, 2.24) is 10.2 Å². The van der Waals surface area contributed by atoms with E-state index in [0.29, 0.717) is 6.54 Å². The minimum Gasteiger partial charge on any atom is -0.351 e. The molecule has 1 N–H and O–H groups in total. The van der Waals surface area contributed by atoms with Crippen LogP contribution in [0.15, 0.2) is 24.3 Å². The maximum absolute atomic E-state index is 12.8. The van der Waals surface area contributed by atoms with Crippen LogP contribution >= 0.6 is 0 Å². The fraction of sp³-hybridized carbons (Fsp3) is 0.500. The zero-order chi connectivity index (χ0) is 14.8. The van der Waals surface area contributed by atoms with Crippen molar-refractivity contribution in [2.24, 2.45) is 5.92 Å². The van der Waals surface area contributed by atoms with E-state index in [9.17, 15) is 14.0 Å². The van der Waals surface area contributed by atoms with Gasteiger partial charge in [-0.25, -0.2) is 4.39 Å². The number of benzene rings is 1.